The maximum Gasteiger partial charge on any atom is 0.268 e. The quantitative estimate of drug-likeness (QED) is 0.162. The second-order valence-corrected chi connectivity index (χ2v) is 17.3. The number of alkyl halides is 2. The number of halogens is 3. The Labute approximate surface area is 347 Å². The lowest BCUT2D eigenvalue weighted by Gasteiger charge is -2.38. The van der Waals surface area contributed by atoms with Gasteiger partial charge in [-0.05, 0) is 63.1 Å². The van der Waals surface area contributed by atoms with Gasteiger partial charge in [0.1, 0.15) is 28.2 Å². The van der Waals surface area contributed by atoms with Crippen molar-refractivity contribution >= 4 is 65.8 Å². The van der Waals surface area contributed by atoms with Crippen LogP contribution in [-0.4, -0.2) is 82.4 Å². The molecule has 0 aliphatic carbocycles. The third-order valence-corrected chi connectivity index (χ3v) is 12.6. The molecular formula is C41H36ClF2N9O4S2. The number of hydrogen-bond donors (Lipinski definition) is 1. The van der Waals surface area contributed by atoms with E-state index in [0.29, 0.717) is 69.7 Å². The maximum atomic E-state index is 14.1. The van der Waals surface area contributed by atoms with E-state index in [1.54, 1.807) is 50.1 Å². The number of aryl methyl sites for hydroxylation is 2. The van der Waals surface area contributed by atoms with E-state index in [-0.39, 0.29) is 51.6 Å². The first-order valence-corrected chi connectivity index (χ1v) is 21.1. The lowest BCUT2D eigenvalue weighted by atomic mass is 10.00. The van der Waals surface area contributed by atoms with Crippen LogP contribution >= 0.6 is 22.9 Å². The van der Waals surface area contributed by atoms with Gasteiger partial charge in [-0.3, -0.25) is 29.0 Å². The summed E-state index contributed by atoms with van der Waals surface area (Å²) in [6.45, 7) is 4.82. The molecule has 59 heavy (non-hydrogen) atoms. The standard InChI is InChI=1S/C41H36ClF2N9O4S2/c1-24-7-10-29(20-47-24)59(56,57)50-39(54)33-22-58-37-30(11-14-46-36(33)37)31-18-27(42)9-8-26(31)6-5-15-53-25(2)49-34-21-48-38(32(19-45)35(34)40(53)55)51(4)28-12-16-52(17-13-28)23-41(3,43)44/h7-11,14,18,20-22,28H,12-13,15-17,23H2,1-4H3,(H,50,54). The van der Waals surface area contributed by atoms with Crippen molar-refractivity contribution in [2.24, 2.45) is 0 Å². The third kappa shape index (κ3) is 8.65. The van der Waals surface area contributed by atoms with Gasteiger partial charge in [0.2, 0.25) is 0 Å². The molecule has 1 N–H and O–H groups in total. The highest BCUT2D eigenvalue weighted by atomic mass is 35.5. The molecule has 0 radical (unpaired) electrons. The van der Waals surface area contributed by atoms with Gasteiger partial charge in [0, 0.05) is 78.3 Å². The van der Waals surface area contributed by atoms with Gasteiger partial charge in [0.25, 0.3) is 27.4 Å². The minimum Gasteiger partial charge on any atom is -0.355 e. The van der Waals surface area contributed by atoms with E-state index in [2.05, 4.69) is 42.6 Å². The Kier molecular flexibility index (Phi) is 11.5. The SMILES string of the molecule is Cc1ccc(S(=O)(=O)NC(=O)c2csc3c(-c4cc(Cl)ccc4C#CCn4c(C)nc5cnc(N(C)C6CCN(CC(C)(F)F)CC6)c(C#N)c5c4=O)ccnc23)cn1. The number of fused-ring (bicyclic) bond motifs is 2. The number of piperidine rings is 1. The number of sulfonamides is 1. The summed E-state index contributed by atoms with van der Waals surface area (Å²) >= 11 is 7.67. The normalized spacial score (nSPS) is 13.9. The van der Waals surface area contributed by atoms with Crippen molar-refractivity contribution in [2.45, 2.75) is 57.0 Å². The van der Waals surface area contributed by atoms with Gasteiger partial charge in [-0.2, -0.15) is 5.26 Å². The Hall–Kier alpha value is -5.85. The lowest BCUT2D eigenvalue weighted by molar-refractivity contribution is -0.0198. The molecule has 6 aromatic rings. The molecule has 5 aromatic heterocycles. The number of pyridine rings is 3. The zero-order chi connectivity index (χ0) is 42.2. The molecule has 0 spiro atoms. The Morgan fingerprint density at radius 2 is 1.86 bits per heavy atom. The van der Waals surface area contributed by atoms with Crippen molar-refractivity contribution in [2.75, 3.05) is 31.6 Å². The Bertz CT molecular complexity index is 2910. The topological polar surface area (TPSA) is 167 Å². The first-order chi connectivity index (χ1) is 28.0. The first kappa shape index (κ1) is 41.3. The van der Waals surface area contributed by atoms with Crippen molar-refractivity contribution in [3.63, 3.8) is 0 Å². The molecule has 1 aliphatic heterocycles. The third-order valence-electron chi connectivity index (χ3n) is 10.1. The predicted octanol–water partition coefficient (Wildman–Crippen LogP) is 6.33. The molecular weight excluding hydrogens is 820 g/mol. The van der Waals surface area contributed by atoms with Crippen LogP contribution in [0.3, 0.4) is 0 Å². The van der Waals surface area contributed by atoms with Gasteiger partial charge >= 0.3 is 0 Å². The summed E-state index contributed by atoms with van der Waals surface area (Å²) in [5.74, 6) is 3.24. The molecule has 1 saturated heterocycles. The molecule has 0 unspecified atom stereocenters. The number of thiophene rings is 1. The largest absolute Gasteiger partial charge is 0.355 e. The number of aromatic nitrogens is 5. The average Bonchev–Trinajstić information content (AvgIpc) is 3.63. The summed E-state index contributed by atoms with van der Waals surface area (Å²) in [5.41, 5.74) is 2.65. The van der Waals surface area contributed by atoms with Crippen molar-refractivity contribution in [1.29, 1.82) is 5.26 Å². The number of nitrogens with one attached hydrogen (secondary N) is 1. The number of likely N-dealkylation sites (tertiary alicyclic amines) is 1. The Morgan fingerprint density at radius 3 is 2.56 bits per heavy atom. The second-order valence-electron chi connectivity index (χ2n) is 14.3. The van der Waals surface area contributed by atoms with Gasteiger partial charge in [0.05, 0.1) is 46.0 Å². The van der Waals surface area contributed by atoms with Crippen LogP contribution in [0.25, 0.3) is 32.2 Å². The number of anilines is 1. The van der Waals surface area contributed by atoms with Crippen molar-refractivity contribution in [3.05, 3.63) is 104 Å². The highest BCUT2D eigenvalue weighted by molar-refractivity contribution is 7.90. The fourth-order valence-corrected chi connectivity index (χ4v) is 9.23. The summed E-state index contributed by atoms with van der Waals surface area (Å²) in [4.78, 5) is 48.3. The Morgan fingerprint density at radius 1 is 1.10 bits per heavy atom. The second kappa shape index (κ2) is 16.4. The van der Waals surface area contributed by atoms with E-state index in [1.165, 1.54) is 52.0 Å². The number of amides is 1. The number of nitrogens with zero attached hydrogens (tertiary/aromatic N) is 8. The van der Waals surface area contributed by atoms with E-state index in [9.17, 15) is 32.0 Å². The van der Waals surface area contributed by atoms with Gasteiger partial charge < -0.3 is 4.90 Å². The van der Waals surface area contributed by atoms with Crippen LogP contribution in [0, 0.1) is 37.0 Å². The van der Waals surface area contributed by atoms with Crippen LogP contribution in [0.1, 0.15) is 52.8 Å². The van der Waals surface area contributed by atoms with Crippen LogP contribution in [0.15, 0.2) is 70.1 Å². The maximum absolute atomic E-state index is 14.1. The van der Waals surface area contributed by atoms with Crippen molar-refractivity contribution in [3.8, 4) is 29.0 Å². The van der Waals surface area contributed by atoms with Gasteiger partial charge in [-0.1, -0.05) is 23.4 Å². The van der Waals surface area contributed by atoms with E-state index in [1.807, 2.05) is 4.90 Å². The molecule has 1 aliphatic rings. The molecule has 0 bridgehead atoms. The number of carbonyl (C=O) groups excluding carboxylic acids is 1. The molecule has 302 valence electrons. The first-order valence-electron chi connectivity index (χ1n) is 18.3. The molecule has 1 fully saturated rings. The summed E-state index contributed by atoms with van der Waals surface area (Å²) in [5, 5.41) is 12.4. The average molecular weight is 856 g/mol. The van der Waals surface area contributed by atoms with E-state index in [4.69, 9.17) is 11.6 Å². The zero-order valence-electron chi connectivity index (χ0n) is 32.3. The van der Waals surface area contributed by atoms with E-state index in [0.717, 1.165) is 6.92 Å². The van der Waals surface area contributed by atoms with Crippen LogP contribution in [0.2, 0.25) is 5.02 Å². The number of benzene rings is 1. The fraction of sp³-hybridized carbons (Fsp3) is 0.293. The molecule has 0 atom stereocenters. The van der Waals surface area contributed by atoms with Crippen LogP contribution in [0.4, 0.5) is 14.6 Å². The Balaban J connectivity index is 1.17. The van der Waals surface area contributed by atoms with Crippen molar-refractivity contribution in [1.82, 2.24) is 34.1 Å². The lowest BCUT2D eigenvalue weighted by Crippen LogP contribution is -2.46. The number of rotatable bonds is 9. The number of carbonyl (C=O) groups is 1. The zero-order valence-corrected chi connectivity index (χ0v) is 34.6. The smallest absolute Gasteiger partial charge is 0.268 e. The van der Waals surface area contributed by atoms with Crippen LogP contribution < -0.4 is 15.2 Å². The molecule has 1 aromatic carbocycles. The molecule has 13 nitrogen and oxygen atoms in total. The highest BCUT2D eigenvalue weighted by Crippen LogP contribution is 2.37. The molecule has 0 saturated carbocycles. The molecule has 18 heteroatoms. The summed E-state index contributed by atoms with van der Waals surface area (Å²) in [7, 11) is -2.42. The summed E-state index contributed by atoms with van der Waals surface area (Å²) in [6.07, 6.45) is 5.32. The van der Waals surface area contributed by atoms with Crippen LogP contribution in [-0.2, 0) is 16.6 Å². The van der Waals surface area contributed by atoms with Crippen molar-refractivity contribution < 1.29 is 22.0 Å². The predicted molar refractivity (Wildman–Crippen MR) is 222 cm³/mol. The monoisotopic (exact) mass is 855 g/mol. The summed E-state index contributed by atoms with van der Waals surface area (Å²) in [6, 6.07) is 11.9. The molecule has 6 heterocycles. The fourth-order valence-electron chi connectivity index (χ4n) is 7.12. The summed E-state index contributed by atoms with van der Waals surface area (Å²) < 4.78 is 57.2. The van der Waals surface area contributed by atoms with Gasteiger partial charge in [-0.25, -0.2) is 31.9 Å². The minimum atomic E-state index is -4.21. The minimum absolute atomic E-state index is 0.0646. The number of hydrogen-bond acceptors (Lipinski definition) is 12. The number of nitriles is 1. The van der Waals surface area contributed by atoms with E-state index >= 15 is 0 Å². The highest BCUT2D eigenvalue weighted by Gasteiger charge is 2.31. The van der Waals surface area contributed by atoms with Gasteiger partial charge in [0.15, 0.2) is 0 Å². The van der Waals surface area contributed by atoms with Gasteiger partial charge in [-0.15, -0.1) is 11.3 Å². The van der Waals surface area contributed by atoms with Crippen LogP contribution in [0.5, 0.6) is 0 Å². The molecule has 1 amide bonds. The molecule has 7 rings (SSSR count). The van der Waals surface area contributed by atoms with E-state index < -0.39 is 27.4 Å².